The zero-order valence-corrected chi connectivity index (χ0v) is 14.4. The van der Waals surface area contributed by atoms with Crippen LogP contribution in [-0.4, -0.2) is 11.7 Å². The summed E-state index contributed by atoms with van der Waals surface area (Å²) in [6, 6.07) is 14.1. The minimum absolute atomic E-state index is 0.465. The largest absolute Gasteiger partial charge is 0.385 e. The molecule has 106 valence electrons. The van der Waals surface area contributed by atoms with Gasteiger partial charge in [-0.3, -0.25) is 0 Å². The van der Waals surface area contributed by atoms with Gasteiger partial charge in [-0.05, 0) is 48.7 Å². The maximum absolute atomic E-state index is 10.3. The molecule has 0 saturated carbocycles. The lowest BCUT2D eigenvalue weighted by molar-refractivity contribution is 0.0504. The number of hydrogen-bond donors (Lipinski definition) is 2. The molecule has 20 heavy (non-hydrogen) atoms. The normalized spacial score (nSPS) is 14.1. The summed E-state index contributed by atoms with van der Waals surface area (Å²) >= 11 is 7.02. The molecule has 1 atom stereocenters. The van der Waals surface area contributed by atoms with E-state index in [9.17, 15) is 5.11 Å². The van der Waals surface area contributed by atoms with Crippen LogP contribution in [0.5, 0.6) is 0 Å². The number of rotatable bonds is 4. The molecule has 0 aliphatic carbocycles. The van der Waals surface area contributed by atoms with Gasteiger partial charge < -0.3 is 10.8 Å². The molecule has 0 heterocycles. The van der Waals surface area contributed by atoms with Gasteiger partial charge >= 0.3 is 0 Å². The van der Waals surface area contributed by atoms with Gasteiger partial charge in [0.05, 0.1) is 5.60 Å². The second-order valence-corrected chi connectivity index (χ2v) is 6.78. The molecule has 0 saturated heterocycles. The monoisotopic (exact) mass is 397 g/mol. The Morgan fingerprint density at radius 1 is 1.10 bits per heavy atom. The summed E-state index contributed by atoms with van der Waals surface area (Å²) < 4.78 is 2.07. The van der Waals surface area contributed by atoms with Gasteiger partial charge in [0.15, 0.2) is 0 Å². The Labute approximate surface area is 136 Å². The third kappa shape index (κ3) is 3.50. The molecule has 0 fully saturated rings. The van der Waals surface area contributed by atoms with Gasteiger partial charge in [-0.2, -0.15) is 0 Å². The first-order valence-electron chi connectivity index (χ1n) is 6.42. The van der Waals surface area contributed by atoms with Gasteiger partial charge in [-0.1, -0.05) is 62.2 Å². The zero-order chi connectivity index (χ0) is 14.8. The lowest BCUT2D eigenvalue weighted by Crippen LogP contribution is -2.24. The number of aliphatic hydroxyl groups is 1. The number of hydrogen-bond acceptors (Lipinski definition) is 2. The van der Waals surface area contributed by atoms with Crippen LogP contribution in [0.3, 0.4) is 0 Å². The van der Waals surface area contributed by atoms with Crippen molar-refractivity contribution in [1.82, 2.24) is 0 Å². The molecule has 0 aliphatic heterocycles. The van der Waals surface area contributed by atoms with Crippen LogP contribution >= 0.6 is 31.9 Å². The van der Waals surface area contributed by atoms with Gasteiger partial charge in [-0.15, -0.1) is 0 Å². The predicted molar refractivity (Wildman–Crippen MR) is 90.5 cm³/mol. The number of benzene rings is 2. The van der Waals surface area contributed by atoms with Crippen LogP contribution in [-0.2, 0) is 5.60 Å². The van der Waals surface area contributed by atoms with E-state index in [0.29, 0.717) is 13.0 Å². The van der Waals surface area contributed by atoms with Crippen LogP contribution in [0.1, 0.15) is 18.9 Å². The molecule has 0 radical (unpaired) electrons. The molecule has 0 aliphatic rings. The third-order valence-electron chi connectivity index (χ3n) is 3.38. The first kappa shape index (κ1) is 15.7. The molecule has 2 aromatic carbocycles. The second-order valence-electron chi connectivity index (χ2n) is 5.01. The average Bonchev–Trinajstić information content (AvgIpc) is 2.39. The average molecular weight is 399 g/mol. The van der Waals surface area contributed by atoms with Gasteiger partial charge in [0.25, 0.3) is 0 Å². The van der Waals surface area contributed by atoms with Gasteiger partial charge in [0.1, 0.15) is 0 Å². The molecule has 2 nitrogen and oxygen atoms in total. The number of halogens is 2. The third-order valence-corrected chi connectivity index (χ3v) is 4.53. The Morgan fingerprint density at radius 3 is 2.30 bits per heavy atom. The fraction of sp³-hybridized carbons (Fsp3) is 0.250. The summed E-state index contributed by atoms with van der Waals surface area (Å²) in [5.41, 5.74) is 7.79. The SMILES string of the molecule is CC(O)(CCN)c1ccc(-c2ccc(Br)cc2Br)cc1. The summed E-state index contributed by atoms with van der Waals surface area (Å²) in [6.07, 6.45) is 0.550. The van der Waals surface area contributed by atoms with E-state index in [1.807, 2.05) is 36.4 Å². The van der Waals surface area contributed by atoms with E-state index in [0.717, 1.165) is 25.6 Å². The lowest BCUT2D eigenvalue weighted by atomic mass is 9.91. The lowest BCUT2D eigenvalue weighted by Gasteiger charge is -2.23. The van der Waals surface area contributed by atoms with E-state index in [2.05, 4.69) is 37.9 Å². The molecule has 1 unspecified atom stereocenters. The van der Waals surface area contributed by atoms with Crippen molar-refractivity contribution in [3.05, 3.63) is 57.0 Å². The highest BCUT2D eigenvalue weighted by molar-refractivity contribution is 9.11. The molecule has 2 rings (SSSR count). The Hall–Kier alpha value is -0.680. The minimum atomic E-state index is -0.871. The highest BCUT2D eigenvalue weighted by Gasteiger charge is 2.21. The van der Waals surface area contributed by atoms with Crippen molar-refractivity contribution >= 4 is 31.9 Å². The molecular weight excluding hydrogens is 382 g/mol. The summed E-state index contributed by atoms with van der Waals surface area (Å²) in [7, 11) is 0. The highest BCUT2D eigenvalue weighted by atomic mass is 79.9. The standard InChI is InChI=1S/C16H17Br2NO/c1-16(20,8-9-19)12-4-2-11(3-5-12)14-7-6-13(17)10-15(14)18/h2-7,10,20H,8-9,19H2,1H3. The van der Waals surface area contributed by atoms with E-state index in [1.54, 1.807) is 6.92 Å². The fourth-order valence-corrected chi connectivity index (χ4v) is 3.43. The Bertz CT molecular complexity index is 594. The van der Waals surface area contributed by atoms with E-state index in [1.165, 1.54) is 0 Å². The van der Waals surface area contributed by atoms with E-state index >= 15 is 0 Å². The van der Waals surface area contributed by atoms with E-state index in [4.69, 9.17) is 5.73 Å². The summed E-state index contributed by atoms with van der Waals surface area (Å²) in [5, 5.41) is 10.3. The van der Waals surface area contributed by atoms with E-state index < -0.39 is 5.60 Å². The topological polar surface area (TPSA) is 46.2 Å². The van der Waals surface area contributed by atoms with E-state index in [-0.39, 0.29) is 0 Å². The Kier molecular flexibility index (Phi) is 5.02. The maximum Gasteiger partial charge on any atom is 0.0880 e. The van der Waals surface area contributed by atoms with Crippen LogP contribution in [0.4, 0.5) is 0 Å². The minimum Gasteiger partial charge on any atom is -0.385 e. The fourth-order valence-electron chi connectivity index (χ4n) is 2.16. The first-order chi connectivity index (χ1) is 9.44. The van der Waals surface area contributed by atoms with Crippen molar-refractivity contribution in [2.24, 2.45) is 5.73 Å². The van der Waals surface area contributed by atoms with Crippen LogP contribution < -0.4 is 5.73 Å². The molecule has 2 aromatic rings. The highest BCUT2D eigenvalue weighted by Crippen LogP contribution is 2.32. The predicted octanol–water partition coefficient (Wildman–Crippen LogP) is 4.43. The first-order valence-corrected chi connectivity index (χ1v) is 8.01. The Balaban J connectivity index is 2.33. The molecular formula is C16H17Br2NO. The van der Waals surface area contributed by atoms with Crippen molar-refractivity contribution < 1.29 is 5.11 Å². The summed E-state index contributed by atoms with van der Waals surface area (Å²) in [5.74, 6) is 0. The smallest absolute Gasteiger partial charge is 0.0880 e. The van der Waals surface area contributed by atoms with Crippen molar-refractivity contribution in [1.29, 1.82) is 0 Å². The molecule has 0 bridgehead atoms. The van der Waals surface area contributed by atoms with Crippen molar-refractivity contribution in [2.75, 3.05) is 6.54 Å². The van der Waals surface area contributed by atoms with Crippen molar-refractivity contribution in [2.45, 2.75) is 18.9 Å². The maximum atomic E-state index is 10.3. The molecule has 0 amide bonds. The molecule has 4 heteroatoms. The van der Waals surface area contributed by atoms with Crippen LogP contribution in [0.25, 0.3) is 11.1 Å². The zero-order valence-electron chi connectivity index (χ0n) is 11.2. The summed E-state index contributed by atoms with van der Waals surface area (Å²) in [6.45, 7) is 2.26. The van der Waals surface area contributed by atoms with Crippen LogP contribution in [0, 0.1) is 0 Å². The van der Waals surface area contributed by atoms with Crippen molar-refractivity contribution in [3.63, 3.8) is 0 Å². The quantitative estimate of drug-likeness (QED) is 0.799. The van der Waals surface area contributed by atoms with Crippen LogP contribution in [0.2, 0.25) is 0 Å². The van der Waals surface area contributed by atoms with Crippen LogP contribution in [0.15, 0.2) is 51.4 Å². The second kappa shape index (κ2) is 6.39. The van der Waals surface area contributed by atoms with Gasteiger partial charge in [0, 0.05) is 8.95 Å². The number of nitrogens with two attached hydrogens (primary N) is 1. The van der Waals surface area contributed by atoms with Crippen molar-refractivity contribution in [3.8, 4) is 11.1 Å². The summed E-state index contributed by atoms with van der Waals surface area (Å²) in [4.78, 5) is 0. The van der Waals surface area contributed by atoms with Gasteiger partial charge in [-0.25, -0.2) is 0 Å². The Morgan fingerprint density at radius 2 is 1.75 bits per heavy atom. The molecule has 0 aromatic heterocycles. The molecule has 3 N–H and O–H groups in total. The molecule has 0 spiro atoms. The van der Waals surface area contributed by atoms with Gasteiger partial charge in [0.2, 0.25) is 0 Å².